The van der Waals surface area contributed by atoms with E-state index in [2.05, 4.69) is 29.9 Å². The van der Waals surface area contributed by atoms with E-state index in [4.69, 9.17) is 0 Å². The van der Waals surface area contributed by atoms with E-state index in [1.54, 1.807) is 6.92 Å². The molecule has 18 heavy (non-hydrogen) atoms. The summed E-state index contributed by atoms with van der Waals surface area (Å²) in [6.07, 6.45) is 6.63. The van der Waals surface area contributed by atoms with Crippen LogP contribution in [0.15, 0.2) is 18.3 Å². The quantitative estimate of drug-likeness (QED) is 0.892. The summed E-state index contributed by atoms with van der Waals surface area (Å²) < 4.78 is 0. The summed E-state index contributed by atoms with van der Waals surface area (Å²) >= 11 is 0. The molecule has 1 fully saturated rings. The smallest absolute Gasteiger partial charge is 0.0931 e. The van der Waals surface area contributed by atoms with Crippen molar-refractivity contribution in [3.05, 3.63) is 24.0 Å². The number of pyridine rings is 1. The number of hydrogen-bond acceptors (Lipinski definition) is 3. The normalized spacial score (nSPS) is 25.8. The molecule has 1 heterocycles. The van der Waals surface area contributed by atoms with Crippen LogP contribution in [-0.4, -0.2) is 23.2 Å². The Bertz CT molecular complexity index is 375. The lowest BCUT2D eigenvalue weighted by molar-refractivity contribution is 0.194. The number of rotatable bonds is 3. The molecule has 2 unspecified atom stereocenters. The average molecular weight is 248 g/mol. The maximum Gasteiger partial charge on any atom is 0.0931 e. The van der Waals surface area contributed by atoms with Crippen LogP contribution in [0.4, 0.5) is 5.69 Å². The molecule has 1 N–H and O–H groups in total. The van der Waals surface area contributed by atoms with E-state index in [0.717, 1.165) is 17.3 Å². The fourth-order valence-corrected chi connectivity index (χ4v) is 2.82. The highest BCUT2D eigenvalue weighted by Gasteiger charge is 2.22. The molecule has 1 aromatic rings. The first-order valence-corrected chi connectivity index (χ1v) is 6.94. The summed E-state index contributed by atoms with van der Waals surface area (Å²) in [5.74, 6) is 0.830. The SMILES string of the molecule is CC1CCCC(N(C)c2ccc([C@@H](C)O)nc2)C1. The molecule has 1 aromatic heterocycles. The average Bonchev–Trinajstić information content (AvgIpc) is 2.38. The van der Waals surface area contributed by atoms with Crippen LogP contribution in [0.1, 0.15) is 51.3 Å². The van der Waals surface area contributed by atoms with Crippen LogP contribution in [0.3, 0.4) is 0 Å². The van der Waals surface area contributed by atoms with Gasteiger partial charge in [-0.15, -0.1) is 0 Å². The summed E-state index contributed by atoms with van der Waals surface area (Å²) in [6.45, 7) is 4.09. The minimum absolute atomic E-state index is 0.487. The van der Waals surface area contributed by atoms with Crippen molar-refractivity contribution in [1.29, 1.82) is 0 Å². The van der Waals surface area contributed by atoms with E-state index in [1.165, 1.54) is 25.7 Å². The van der Waals surface area contributed by atoms with Crippen LogP contribution in [0.25, 0.3) is 0 Å². The molecular weight excluding hydrogens is 224 g/mol. The highest BCUT2D eigenvalue weighted by atomic mass is 16.3. The lowest BCUT2D eigenvalue weighted by Gasteiger charge is -2.35. The lowest BCUT2D eigenvalue weighted by Crippen LogP contribution is -2.35. The zero-order valence-electron chi connectivity index (χ0n) is 11.6. The third-order valence-electron chi connectivity index (χ3n) is 4.06. The number of nitrogens with zero attached hydrogens (tertiary/aromatic N) is 2. The Morgan fingerprint density at radius 3 is 2.72 bits per heavy atom. The van der Waals surface area contributed by atoms with E-state index in [-0.39, 0.29) is 0 Å². The van der Waals surface area contributed by atoms with Gasteiger partial charge in [0.05, 0.1) is 23.7 Å². The Hall–Kier alpha value is -1.09. The molecule has 0 amide bonds. The summed E-state index contributed by atoms with van der Waals surface area (Å²) in [5, 5.41) is 9.46. The Morgan fingerprint density at radius 1 is 1.39 bits per heavy atom. The van der Waals surface area contributed by atoms with Crippen molar-refractivity contribution in [2.75, 3.05) is 11.9 Å². The maximum atomic E-state index is 9.46. The van der Waals surface area contributed by atoms with Gasteiger partial charge in [0.15, 0.2) is 0 Å². The van der Waals surface area contributed by atoms with Gasteiger partial charge in [0.1, 0.15) is 0 Å². The molecular formula is C15H24N2O. The van der Waals surface area contributed by atoms with Gasteiger partial charge in [-0.25, -0.2) is 0 Å². The van der Waals surface area contributed by atoms with Gasteiger partial charge in [0, 0.05) is 13.1 Å². The number of aliphatic hydroxyl groups excluding tert-OH is 1. The van der Waals surface area contributed by atoms with Crippen LogP contribution in [-0.2, 0) is 0 Å². The summed E-state index contributed by atoms with van der Waals surface area (Å²) in [4.78, 5) is 6.66. The van der Waals surface area contributed by atoms with Gasteiger partial charge in [0.25, 0.3) is 0 Å². The fraction of sp³-hybridized carbons (Fsp3) is 0.667. The third kappa shape index (κ3) is 3.02. The second kappa shape index (κ2) is 5.70. The van der Waals surface area contributed by atoms with Gasteiger partial charge in [-0.1, -0.05) is 19.8 Å². The predicted octanol–water partition coefficient (Wildman–Crippen LogP) is 3.15. The van der Waals surface area contributed by atoms with Gasteiger partial charge in [0.2, 0.25) is 0 Å². The first-order chi connectivity index (χ1) is 8.58. The van der Waals surface area contributed by atoms with E-state index in [0.29, 0.717) is 6.04 Å². The van der Waals surface area contributed by atoms with Crippen LogP contribution in [0.2, 0.25) is 0 Å². The van der Waals surface area contributed by atoms with Crippen LogP contribution >= 0.6 is 0 Å². The third-order valence-corrected chi connectivity index (χ3v) is 4.06. The molecule has 0 aromatic carbocycles. The van der Waals surface area contributed by atoms with Crippen LogP contribution in [0.5, 0.6) is 0 Å². The van der Waals surface area contributed by atoms with Gasteiger partial charge < -0.3 is 10.0 Å². The van der Waals surface area contributed by atoms with Crippen molar-refractivity contribution >= 4 is 5.69 Å². The topological polar surface area (TPSA) is 36.4 Å². The van der Waals surface area contributed by atoms with Crippen LogP contribution < -0.4 is 4.90 Å². The van der Waals surface area contributed by atoms with Crippen molar-refractivity contribution in [3.8, 4) is 0 Å². The summed E-state index contributed by atoms with van der Waals surface area (Å²) in [6, 6.07) is 4.62. The van der Waals surface area contributed by atoms with Crippen molar-refractivity contribution in [1.82, 2.24) is 4.98 Å². The molecule has 3 heteroatoms. The molecule has 1 saturated carbocycles. The highest BCUT2D eigenvalue weighted by Crippen LogP contribution is 2.29. The largest absolute Gasteiger partial charge is 0.387 e. The summed E-state index contributed by atoms with van der Waals surface area (Å²) in [7, 11) is 2.15. The standard InChI is InChI=1S/C15H24N2O/c1-11-5-4-6-13(9-11)17(3)14-7-8-15(12(2)18)16-10-14/h7-8,10-13,18H,4-6,9H2,1-3H3/t11?,12-,13?/m1/s1. The predicted molar refractivity (Wildman–Crippen MR) is 74.7 cm³/mol. The lowest BCUT2D eigenvalue weighted by atomic mass is 9.86. The molecule has 100 valence electrons. The zero-order valence-corrected chi connectivity index (χ0v) is 11.6. The zero-order chi connectivity index (χ0) is 13.1. The first kappa shape index (κ1) is 13.3. The van der Waals surface area contributed by atoms with Gasteiger partial charge in [-0.05, 0) is 37.8 Å². The van der Waals surface area contributed by atoms with Gasteiger partial charge in [-0.3, -0.25) is 4.98 Å². The van der Waals surface area contributed by atoms with Crippen molar-refractivity contribution in [2.45, 2.75) is 51.7 Å². The molecule has 1 aliphatic rings. The Balaban J connectivity index is 2.05. The Morgan fingerprint density at radius 2 is 2.17 bits per heavy atom. The molecule has 3 nitrogen and oxygen atoms in total. The second-order valence-electron chi connectivity index (χ2n) is 5.65. The summed E-state index contributed by atoms with van der Waals surface area (Å²) in [5.41, 5.74) is 1.89. The minimum atomic E-state index is -0.487. The number of anilines is 1. The van der Waals surface area contributed by atoms with Crippen LogP contribution in [0, 0.1) is 5.92 Å². The molecule has 0 spiro atoms. The van der Waals surface area contributed by atoms with Gasteiger partial charge >= 0.3 is 0 Å². The second-order valence-corrected chi connectivity index (χ2v) is 5.65. The minimum Gasteiger partial charge on any atom is -0.387 e. The molecule has 3 atom stereocenters. The monoisotopic (exact) mass is 248 g/mol. The Labute approximate surface area is 110 Å². The van der Waals surface area contributed by atoms with E-state index in [1.807, 2.05) is 12.3 Å². The number of aliphatic hydroxyl groups is 1. The molecule has 2 rings (SSSR count). The Kier molecular flexibility index (Phi) is 4.23. The molecule has 0 radical (unpaired) electrons. The molecule has 0 aliphatic heterocycles. The maximum absolute atomic E-state index is 9.46. The van der Waals surface area contributed by atoms with E-state index >= 15 is 0 Å². The first-order valence-electron chi connectivity index (χ1n) is 6.94. The van der Waals surface area contributed by atoms with Crippen molar-refractivity contribution in [2.24, 2.45) is 5.92 Å². The molecule has 0 saturated heterocycles. The van der Waals surface area contributed by atoms with E-state index in [9.17, 15) is 5.11 Å². The van der Waals surface area contributed by atoms with Crippen molar-refractivity contribution < 1.29 is 5.11 Å². The fourth-order valence-electron chi connectivity index (χ4n) is 2.82. The highest BCUT2D eigenvalue weighted by molar-refractivity contribution is 5.45. The van der Waals surface area contributed by atoms with Crippen molar-refractivity contribution in [3.63, 3.8) is 0 Å². The molecule has 0 bridgehead atoms. The van der Waals surface area contributed by atoms with Gasteiger partial charge in [-0.2, -0.15) is 0 Å². The molecule has 1 aliphatic carbocycles. The van der Waals surface area contributed by atoms with E-state index < -0.39 is 6.10 Å². The number of aromatic nitrogens is 1. The number of hydrogen-bond donors (Lipinski definition) is 1.